The van der Waals surface area contributed by atoms with Crippen LogP contribution in [0, 0.1) is 0 Å². The number of hydrogen-bond acceptors (Lipinski definition) is 5. The van der Waals surface area contributed by atoms with Gasteiger partial charge in [-0.15, -0.1) is 0 Å². The van der Waals surface area contributed by atoms with Gasteiger partial charge in [0.2, 0.25) is 11.7 Å². The summed E-state index contributed by atoms with van der Waals surface area (Å²) in [5, 5.41) is 2.82. The smallest absolute Gasteiger partial charge is 0.248 e. The Balaban J connectivity index is 2.13. The van der Waals surface area contributed by atoms with Gasteiger partial charge in [-0.2, -0.15) is 0 Å². The summed E-state index contributed by atoms with van der Waals surface area (Å²) >= 11 is 0. The first-order chi connectivity index (χ1) is 12.6. The lowest BCUT2D eigenvalue weighted by molar-refractivity contribution is -0.111. The highest BCUT2D eigenvalue weighted by Gasteiger charge is 2.12. The monoisotopic (exact) mass is 357 g/mol. The molecule has 6 heteroatoms. The molecule has 1 amide bonds. The van der Waals surface area contributed by atoms with Crippen molar-refractivity contribution in [3.05, 3.63) is 53.6 Å². The highest BCUT2D eigenvalue weighted by atomic mass is 16.5. The Bertz CT molecular complexity index is 761. The van der Waals surface area contributed by atoms with Gasteiger partial charge in [0.25, 0.3) is 0 Å². The molecule has 0 spiro atoms. The van der Waals surface area contributed by atoms with Crippen LogP contribution in [-0.2, 0) is 16.1 Å². The highest BCUT2D eigenvalue weighted by Crippen LogP contribution is 2.38. The van der Waals surface area contributed by atoms with Gasteiger partial charge in [0.05, 0.1) is 27.9 Å². The van der Waals surface area contributed by atoms with E-state index >= 15 is 0 Å². The molecule has 0 aliphatic rings. The maximum Gasteiger partial charge on any atom is 0.248 e. The lowest BCUT2D eigenvalue weighted by Gasteiger charge is -2.12. The first-order valence-corrected chi connectivity index (χ1v) is 7.98. The molecule has 1 N–H and O–H groups in total. The molecule has 138 valence electrons. The van der Waals surface area contributed by atoms with Crippen molar-refractivity contribution in [1.82, 2.24) is 0 Å². The van der Waals surface area contributed by atoms with Crippen molar-refractivity contribution < 1.29 is 23.7 Å². The number of rotatable bonds is 8. The quantitative estimate of drug-likeness (QED) is 0.733. The molecule has 0 aliphatic heterocycles. The maximum atomic E-state index is 12.2. The van der Waals surface area contributed by atoms with Crippen molar-refractivity contribution >= 4 is 17.7 Å². The standard InChI is InChI=1S/C20H23NO5/c1-23-13-15-6-5-7-16(10-15)21-19(22)9-8-14-11-17(24-2)20(26-4)18(12-14)25-3/h5-12H,13H2,1-4H3,(H,21,22)/b9-8+. The molecule has 0 bridgehead atoms. The molecule has 0 saturated heterocycles. The van der Waals surface area contributed by atoms with Crippen LogP contribution >= 0.6 is 0 Å². The van der Waals surface area contributed by atoms with Crippen molar-refractivity contribution in [2.24, 2.45) is 0 Å². The maximum absolute atomic E-state index is 12.2. The van der Waals surface area contributed by atoms with Gasteiger partial charge in [-0.25, -0.2) is 0 Å². The van der Waals surface area contributed by atoms with Gasteiger partial charge < -0.3 is 24.3 Å². The lowest BCUT2D eigenvalue weighted by Crippen LogP contribution is -2.08. The van der Waals surface area contributed by atoms with Crippen LogP contribution in [-0.4, -0.2) is 34.3 Å². The number of benzene rings is 2. The molecule has 2 aromatic rings. The van der Waals surface area contributed by atoms with Crippen LogP contribution in [0.2, 0.25) is 0 Å². The normalized spacial score (nSPS) is 10.6. The van der Waals surface area contributed by atoms with Crippen molar-refractivity contribution in [1.29, 1.82) is 0 Å². The summed E-state index contributed by atoms with van der Waals surface area (Å²) in [6.07, 6.45) is 3.13. The fourth-order valence-corrected chi connectivity index (χ4v) is 2.46. The zero-order valence-corrected chi connectivity index (χ0v) is 15.4. The topological polar surface area (TPSA) is 66.0 Å². The summed E-state index contributed by atoms with van der Waals surface area (Å²) in [7, 11) is 6.27. The Morgan fingerprint density at radius 3 is 2.27 bits per heavy atom. The van der Waals surface area contributed by atoms with E-state index in [1.807, 2.05) is 24.3 Å². The van der Waals surface area contributed by atoms with Gasteiger partial charge in [0, 0.05) is 18.9 Å². The predicted molar refractivity (Wildman–Crippen MR) is 101 cm³/mol. The van der Waals surface area contributed by atoms with E-state index in [2.05, 4.69) is 5.32 Å². The van der Waals surface area contributed by atoms with Crippen molar-refractivity contribution in [3.63, 3.8) is 0 Å². The van der Waals surface area contributed by atoms with Crippen molar-refractivity contribution in [2.75, 3.05) is 33.8 Å². The van der Waals surface area contributed by atoms with Gasteiger partial charge in [-0.3, -0.25) is 4.79 Å². The minimum absolute atomic E-state index is 0.242. The number of carbonyl (C=O) groups excluding carboxylic acids is 1. The van der Waals surface area contributed by atoms with E-state index in [0.29, 0.717) is 29.5 Å². The van der Waals surface area contributed by atoms with Crippen LogP contribution < -0.4 is 19.5 Å². The number of hydrogen-bond donors (Lipinski definition) is 1. The molecule has 26 heavy (non-hydrogen) atoms. The van der Waals surface area contributed by atoms with E-state index in [4.69, 9.17) is 18.9 Å². The molecule has 0 unspecified atom stereocenters. The molecule has 0 heterocycles. The molecule has 0 fully saturated rings. The molecule has 2 rings (SSSR count). The van der Waals surface area contributed by atoms with Crippen LogP contribution in [0.1, 0.15) is 11.1 Å². The van der Waals surface area contributed by atoms with Crippen LogP contribution in [0.5, 0.6) is 17.2 Å². The molecule has 6 nitrogen and oxygen atoms in total. The summed E-state index contributed by atoms with van der Waals surface area (Å²) in [5.41, 5.74) is 2.45. The molecular formula is C20H23NO5. The molecule has 0 aromatic heterocycles. The summed E-state index contributed by atoms with van der Waals surface area (Å²) < 4.78 is 21.0. The van der Waals surface area contributed by atoms with E-state index in [1.54, 1.807) is 46.6 Å². The molecular weight excluding hydrogens is 334 g/mol. The summed E-state index contributed by atoms with van der Waals surface area (Å²) in [6.45, 7) is 0.491. The number of anilines is 1. The van der Waals surface area contributed by atoms with E-state index in [9.17, 15) is 4.79 Å². The predicted octanol–water partition coefficient (Wildman–Crippen LogP) is 3.51. The Kier molecular flexibility index (Phi) is 7.05. The fourth-order valence-electron chi connectivity index (χ4n) is 2.46. The number of carbonyl (C=O) groups is 1. The number of methoxy groups -OCH3 is 4. The zero-order valence-electron chi connectivity index (χ0n) is 15.4. The second kappa shape index (κ2) is 9.48. The third kappa shape index (κ3) is 5.00. The van der Waals surface area contributed by atoms with Gasteiger partial charge >= 0.3 is 0 Å². The molecule has 2 aromatic carbocycles. The zero-order chi connectivity index (χ0) is 18.9. The van der Waals surface area contributed by atoms with E-state index in [0.717, 1.165) is 11.1 Å². The Morgan fingerprint density at radius 1 is 1.00 bits per heavy atom. The molecule has 0 aliphatic carbocycles. The van der Waals surface area contributed by atoms with Crippen LogP contribution in [0.15, 0.2) is 42.5 Å². The second-order valence-corrected chi connectivity index (χ2v) is 5.41. The van der Waals surface area contributed by atoms with Crippen molar-refractivity contribution in [2.45, 2.75) is 6.61 Å². The second-order valence-electron chi connectivity index (χ2n) is 5.41. The van der Waals surface area contributed by atoms with Crippen LogP contribution in [0.25, 0.3) is 6.08 Å². The number of nitrogens with one attached hydrogen (secondary N) is 1. The summed E-state index contributed by atoms with van der Waals surface area (Å²) in [4.78, 5) is 12.2. The molecule has 0 atom stereocenters. The lowest BCUT2D eigenvalue weighted by atomic mass is 10.1. The molecule has 0 radical (unpaired) electrons. The summed E-state index contributed by atoms with van der Waals surface area (Å²) in [5.74, 6) is 1.32. The Morgan fingerprint density at radius 2 is 1.69 bits per heavy atom. The van der Waals surface area contributed by atoms with Gasteiger partial charge in [-0.05, 0) is 41.5 Å². The number of ether oxygens (including phenoxy) is 4. The van der Waals surface area contributed by atoms with Gasteiger partial charge in [0.1, 0.15) is 0 Å². The van der Waals surface area contributed by atoms with E-state index in [1.165, 1.54) is 6.08 Å². The van der Waals surface area contributed by atoms with Crippen LogP contribution in [0.3, 0.4) is 0 Å². The van der Waals surface area contributed by atoms with Gasteiger partial charge in [-0.1, -0.05) is 12.1 Å². The Labute approximate surface area is 153 Å². The highest BCUT2D eigenvalue weighted by molar-refractivity contribution is 6.02. The molecule has 0 saturated carbocycles. The van der Waals surface area contributed by atoms with Crippen molar-refractivity contribution in [3.8, 4) is 17.2 Å². The van der Waals surface area contributed by atoms with E-state index < -0.39 is 0 Å². The Hall–Kier alpha value is -2.99. The summed E-state index contributed by atoms with van der Waals surface area (Å²) in [6, 6.07) is 11.0. The number of amides is 1. The van der Waals surface area contributed by atoms with Gasteiger partial charge in [0.15, 0.2) is 11.5 Å². The third-order valence-electron chi connectivity index (χ3n) is 3.62. The first-order valence-electron chi connectivity index (χ1n) is 7.98. The average Bonchev–Trinajstić information content (AvgIpc) is 2.66. The minimum Gasteiger partial charge on any atom is -0.493 e. The average molecular weight is 357 g/mol. The SMILES string of the molecule is COCc1cccc(NC(=O)/C=C/c2cc(OC)c(OC)c(OC)c2)c1. The fraction of sp³-hybridized carbons (Fsp3) is 0.250. The van der Waals surface area contributed by atoms with E-state index in [-0.39, 0.29) is 5.91 Å². The first kappa shape index (κ1) is 19.3. The largest absolute Gasteiger partial charge is 0.493 e. The third-order valence-corrected chi connectivity index (χ3v) is 3.62. The van der Waals surface area contributed by atoms with Crippen LogP contribution in [0.4, 0.5) is 5.69 Å². The minimum atomic E-state index is -0.242.